The molecule has 19 heavy (non-hydrogen) atoms. The fourth-order valence-electron chi connectivity index (χ4n) is 1.84. The molecule has 0 fully saturated rings. The number of carboxylic acids is 2. The van der Waals surface area contributed by atoms with E-state index in [4.69, 9.17) is 19.7 Å². The van der Waals surface area contributed by atoms with Gasteiger partial charge in [-0.2, -0.15) is 0 Å². The molecule has 2 unspecified atom stereocenters. The van der Waals surface area contributed by atoms with E-state index in [-0.39, 0.29) is 26.4 Å². The molecular formula is C11H20O8. The number of aliphatic carboxylic acids is 2. The van der Waals surface area contributed by atoms with Crippen molar-refractivity contribution in [2.24, 2.45) is 5.41 Å². The van der Waals surface area contributed by atoms with Gasteiger partial charge in [0.05, 0.1) is 38.6 Å². The molecule has 0 bridgehead atoms. The molecular weight excluding hydrogens is 260 g/mol. The number of carbonyl (C=O) groups is 2. The molecule has 0 heterocycles. The summed E-state index contributed by atoms with van der Waals surface area (Å²) in [5.41, 5.74) is -2.32. The van der Waals surface area contributed by atoms with Crippen molar-refractivity contribution >= 4 is 11.9 Å². The van der Waals surface area contributed by atoms with Gasteiger partial charge >= 0.3 is 11.9 Å². The Morgan fingerprint density at radius 1 is 0.947 bits per heavy atom. The van der Waals surface area contributed by atoms with Gasteiger partial charge in [0.2, 0.25) is 5.41 Å². The van der Waals surface area contributed by atoms with Gasteiger partial charge in [-0.05, 0) is 13.8 Å². The lowest BCUT2D eigenvalue weighted by atomic mass is 9.77. The average molecular weight is 280 g/mol. The predicted octanol–water partition coefficient (Wildman–Crippen LogP) is -1.06. The van der Waals surface area contributed by atoms with Crippen LogP contribution in [0.25, 0.3) is 0 Å². The van der Waals surface area contributed by atoms with Crippen molar-refractivity contribution in [1.29, 1.82) is 0 Å². The Morgan fingerprint density at radius 3 is 1.47 bits per heavy atom. The summed E-state index contributed by atoms with van der Waals surface area (Å²) in [5, 5.41) is 35.8. The maximum Gasteiger partial charge on any atom is 0.326 e. The van der Waals surface area contributed by atoms with Crippen LogP contribution in [0, 0.1) is 5.41 Å². The molecule has 112 valence electrons. The number of rotatable bonds is 10. The lowest BCUT2D eigenvalue weighted by molar-refractivity contribution is -0.193. The molecule has 8 nitrogen and oxygen atoms in total. The van der Waals surface area contributed by atoms with Crippen LogP contribution >= 0.6 is 0 Å². The zero-order chi connectivity index (χ0) is 15.1. The molecule has 0 aromatic carbocycles. The SMILES string of the molecule is CC(OCCO)C(C(=O)O)(C(=O)O)C(C)OCCO. The molecule has 0 rings (SSSR count). The minimum Gasteiger partial charge on any atom is -0.480 e. The molecule has 2 atom stereocenters. The van der Waals surface area contributed by atoms with Crippen molar-refractivity contribution in [2.45, 2.75) is 26.1 Å². The largest absolute Gasteiger partial charge is 0.480 e. The lowest BCUT2D eigenvalue weighted by Gasteiger charge is -2.35. The summed E-state index contributed by atoms with van der Waals surface area (Å²) >= 11 is 0. The average Bonchev–Trinajstić information content (AvgIpc) is 2.33. The molecule has 0 aliphatic heterocycles. The second-order valence-electron chi connectivity index (χ2n) is 3.95. The molecule has 0 aliphatic rings. The quantitative estimate of drug-likeness (QED) is 0.372. The van der Waals surface area contributed by atoms with Crippen LogP contribution in [0.1, 0.15) is 13.8 Å². The first-order chi connectivity index (χ1) is 8.85. The number of hydrogen-bond donors (Lipinski definition) is 4. The second-order valence-corrected chi connectivity index (χ2v) is 3.95. The number of aliphatic hydroxyl groups is 2. The van der Waals surface area contributed by atoms with Crippen molar-refractivity contribution < 1.29 is 39.5 Å². The minimum atomic E-state index is -2.32. The molecule has 0 aliphatic carbocycles. The Balaban J connectivity index is 5.30. The molecule has 0 radical (unpaired) electrons. The number of ether oxygens (including phenoxy) is 2. The third-order valence-corrected chi connectivity index (χ3v) is 2.91. The molecule has 0 saturated carbocycles. The van der Waals surface area contributed by atoms with Gasteiger partial charge in [0.1, 0.15) is 0 Å². The lowest BCUT2D eigenvalue weighted by Crippen LogP contribution is -2.57. The van der Waals surface area contributed by atoms with Gasteiger partial charge in [0, 0.05) is 0 Å². The first kappa shape index (κ1) is 17.8. The first-order valence-corrected chi connectivity index (χ1v) is 5.77. The highest BCUT2D eigenvalue weighted by molar-refractivity contribution is 5.99. The van der Waals surface area contributed by atoms with Crippen molar-refractivity contribution in [3.05, 3.63) is 0 Å². The standard InChI is InChI=1S/C11H20O8/c1-7(18-5-3-12)11(9(14)15,10(16)17)8(2)19-6-4-13/h7-8,12-13H,3-6H2,1-2H3,(H,14,15)(H,16,17). The summed E-state index contributed by atoms with van der Waals surface area (Å²) < 4.78 is 10.1. The van der Waals surface area contributed by atoms with E-state index < -0.39 is 29.6 Å². The second kappa shape index (κ2) is 8.05. The molecule has 0 saturated heterocycles. The van der Waals surface area contributed by atoms with Crippen LogP contribution in [0.2, 0.25) is 0 Å². The van der Waals surface area contributed by atoms with E-state index >= 15 is 0 Å². The number of carboxylic acid groups (broad SMARTS) is 2. The maximum absolute atomic E-state index is 11.4. The van der Waals surface area contributed by atoms with Crippen molar-refractivity contribution in [2.75, 3.05) is 26.4 Å². The fraction of sp³-hybridized carbons (Fsp3) is 0.818. The molecule has 0 aromatic heterocycles. The summed E-state index contributed by atoms with van der Waals surface area (Å²) in [6.07, 6.45) is -2.44. The van der Waals surface area contributed by atoms with Gasteiger partial charge in [-0.15, -0.1) is 0 Å². The van der Waals surface area contributed by atoms with Crippen LogP contribution in [-0.2, 0) is 19.1 Å². The number of aliphatic hydroxyl groups excluding tert-OH is 2. The van der Waals surface area contributed by atoms with Crippen LogP contribution < -0.4 is 0 Å². The van der Waals surface area contributed by atoms with Crippen molar-refractivity contribution in [3.63, 3.8) is 0 Å². The van der Waals surface area contributed by atoms with Gasteiger partial charge in [-0.25, -0.2) is 0 Å². The van der Waals surface area contributed by atoms with E-state index in [1.165, 1.54) is 13.8 Å². The van der Waals surface area contributed by atoms with Gasteiger partial charge < -0.3 is 29.9 Å². The smallest absolute Gasteiger partial charge is 0.326 e. The molecule has 0 aromatic rings. The third-order valence-electron chi connectivity index (χ3n) is 2.91. The highest BCUT2D eigenvalue weighted by atomic mass is 16.5. The highest BCUT2D eigenvalue weighted by Gasteiger charge is 2.57. The van der Waals surface area contributed by atoms with E-state index in [9.17, 15) is 19.8 Å². The topological polar surface area (TPSA) is 134 Å². The monoisotopic (exact) mass is 280 g/mol. The fourth-order valence-corrected chi connectivity index (χ4v) is 1.84. The maximum atomic E-state index is 11.4. The van der Waals surface area contributed by atoms with E-state index in [0.29, 0.717) is 0 Å². The van der Waals surface area contributed by atoms with Crippen LogP contribution in [0.3, 0.4) is 0 Å². The summed E-state index contributed by atoms with van der Waals surface area (Å²) in [4.78, 5) is 22.8. The van der Waals surface area contributed by atoms with Crippen molar-refractivity contribution in [1.82, 2.24) is 0 Å². The zero-order valence-corrected chi connectivity index (χ0v) is 10.9. The van der Waals surface area contributed by atoms with E-state index in [0.717, 1.165) is 0 Å². The van der Waals surface area contributed by atoms with Crippen LogP contribution in [-0.4, -0.2) is 71.0 Å². The molecule has 4 N–H and O–H groups in total. The van der Waals surface area contributed by atoms with E-state index in [1.54, 1.807) is 0 Å². The normalized spacial score (nSPS) is 14.9. The first-order valence-electron chi connectivity index (χ1n) is 5.77. The zero-order valence-electron chi connectivity index (χ0n) is 10.9. The van der Waals surface area contributed by atoms with Crippen LogP contribution in [0.4, 0.5) is 0 Å². The summed E-state index contributed by atoms with van der Waals surface area (Å²) in [7, 11) is 0. The predicted molar refractivity (Wildman–Crippen MR) is 62.7 cm³/mol. The van der Waals surface area contributed by atoms with Crippen LogP contribution in [0.5, 0.6) is 0 Å². The van der Waals surface area contributed by atoms with Gasteiger partial charge in [-0.1, -0.05) is 0 Å². The minimum absolute atomic E-state index is 0.184. The summed E-state index contributed by atoms with van der Waals surface area (Å²) in [5.74, 6) is -3.20. The van der Waals surface area contributed by atoms with Crippen LogP contribution in [0.15, 0.2) is 0 Å². The van der Waals surface area contributed by atoms with Crippen molar-refractivity contribution in [3.8, 4) is 0 Å². The van der Waals surface area contributed by atoms with Gasteiger partial charge in [0.15, 0.2) is 0 Å². The van der Waals surface area contributed by atoms with Gasteiger partial charge in [0.25, 0.3) is 0 Å². The molecule has 8 heteroatoms. The summed E-state index contributed by atoms with van der Waals surface area (Å²) in [6.45, 7) is 1.50. The Kier molecular flexibility index (Phi) is 7.53. The Hall–Kier alpha value is -1.22. The van der Waals surface area contributed by atoms with E-state index in [1.807, 2.05) is 0 Å². The Morgan fingerprint density at radius 2 is 1.26 bits per heavy atom. The Bertz CT molecular complexity index is 273. The van der Waals surface area contributed by atoms with E-state index in [2.05, 4.69) is 0 Å². The summed E-state index contributed by atoms with van der Waals surface area (Å²) in [6, 6.07) is 0. The highest BCUT2D eigenvalue weighted by Crippen LogP contribution is 2.32. The number of hydrogen-bond acceptors (Lipinski definition) is 6. The third kappa shape index (κ3) is 3.87. The molecule has 0 spiro atoms. The Labute approximate surface area is 110 Å². The molecule has 0 amide bonds. The van der Waals surface area contributed by atoms with Gasteiger partial charge in [-0.3, -0.25) is 9.59 Å².